The minimum absolute atomic E-state index is 0.0999. The number of thiophene rings is 1. The number of fused-ring (bicyclic) bond motifs is 1. The zero-order valence-electron chi connectivity index (χ0n) is 12.7. The molecular weight excluding hydrogens is 284 g/mol. The fourth-order valence-electron chi connectivity index (χ4n) is 3.30. The summed E-state index contributed by atoms with van der Waals surface area (Å²) >= 11 is 1.60. The molecule has 1 aliphatic heterocycles. The van der Waals surface area contributed by atoms with Gasteiger partial charge in [-0.2, -0.15) is 0 Å². The van der Waals surface area contributed by atoms with Crippen molar-refractivity contribution in [1.82, 2.24) is 4.90 Å². The Bertz CT molecular complexity index is 573. The first kappa shape index (κ1) is 14.6. The Kier molecular flexibility index (Phi) is 4.02. The van der Waals surface area contributed by atoms with Crippen molar-refractivity contribution in [3.05, 3.63) is 16.0 Å². The molecule has 1 aromatic heterocycles. The van der Waals surface area contributed by atoms with E-state index in [1.165, 1.54) is 17.4 Å². The Morgan fingerprint density at radius 2 is 2.00 bits per heavy atom. The van der Waals surface area contributed by atoms with Crippen molar-refractivity contribution in [2.45, 2.75) is 46.0 Å². The van der Waals surface area contributed by atoms with Crippen molar-refractivity contribution in [2.24, 2.45) is 5.92 Å². The maximum Gasteiger partial charge on any atom is 0.257 e. The van der Waals surface area contributed by atoms with Crippen LogP contribution >= 0.6 is 11.3 Å². The lowest BCUT2D eigenvalue weighted by Crippen LogP contribution is -2.29. The molecule has 0 unspecified atom stereocenters. The van der Waals surface area contributed by atoms with Crippen molar-refractivity contribution in [3.63, 3.8) is 0 Å². The third kappa shape index (κ3) is 2.84. The normalized spacial score (nSPS) is 21.2. The van der Waals surface area contributed by atoms with Crippen molar-refractivity contribution >= 4 is 28.2 Å². The summed E-state index contributed by atoms with van der Waals surface area (Å²) in [5.41, 5.74) is 1.97. The summed E-state index contributed by atoms with van der Waals surface area (Å²) in [7, 11) is 0. The van der Waals surface area contributed by atoms with Gasteiger partial charge < -0.3 is 10.2 Å². The molecule has 21 heavy (non-hydrogen) atoms. The molecule has 0 radical (unpaired) electrons. The lowest BCUT2D eigenvalue weighted by molar-refractivity contribution is -0.114. The molecular formula is C16H22N2O2S. The summed E-state index contributed by atoms with van der Waals surface area (Å²) in [6.07, 6.45) is 5.29. The number of anilines is 1. The van der Waals surface area contributed by atoms with Gasteiger partial charge in [-0.25, -0.2) is 0 Å². The van der Waals surface area contributed by atoms with E-state index < -0.39 is 0 Å². The van der Waals surface area contributed by atoms with Crippen LogP contribution in [0.25, 0.3) is 0 Å². The third-order valence-corrected chi connectivity index (χ3v) is 5.58. The van der Waals surface area contributed by atoms with Gasteiger partial charge in [0, 0.05) is 24.9 Å². The van der Waals surface area contributed by atoms with Gasteiger partial charge in [-0.15, -0.1) is 11.3 Å². The average molecular weight is 306 g/mol. The maximum atomic E-state index is 12.8. The van der Waals surface area contributed by atoms with Crippen LogP contribution in [0.3, 0.4) is 0 Å². The van der Waals surface area contributed by atoms with Crippen LogP contribution in [0.5, 0.6) is 0 Å². The largest absolute Gasteiger partial charge is 0.339 e. The van der Waals surface area contributed by atoms with Crippen LogP contribution in [-0.2, 0) is 17.6 Å². The van der Waals surface area contributed by atoms with Crippen molar-refractivity contribution in [2.75, 3.05) is 18.4 Å². The van der Waals surface area contributed by atoms with E-state index in [0.717, 1.165) is 55.8 Å². The Labute approximate surface area is 129 Å². The minimum Gasteiger partial charge on any atom is -0.339 e. The molecule has 2 aliphatic rings. The molecule has 114 valence electrons. The minimum atomic E-state index is -0.0999. The fraction of sp³-hybridized carbons (Fsp3) is 0.625. The van der Waals surface area contributed by atoms with Crippen LogP contribution < -0.4 is 5.32 Å². The van der Waals surface area contributed by atoms with Crippen LogP contribution in [0.1, 0.15) is 53.9 Å². The van der Waals surface area contributed by atoms with Gasteiger partial charge in [-0.1, -0.05) is 6.92 Å². The van der Waals surface area contributed by atoms with Crippen LogP contribution in [-0.4, -0.2) is 29.8 Å². The highest BCUT2D eigenvalue weighted by Crippen LogP contribution is 2.40. The SMILES string of the molecule is CC(=O)Nc1sc2c(c1C(=O)N1CCCC1)CC[C@H](C)C2. The van der Waals surface area contributed by atoms with E-state index >= 15 is 0 Å². The first-order valence-electron chi connectivity index (χ1n) is 7.77. The number of likely N-dealkylation sites (tertiary alicyclic amines) is 1. The van der Waals surface area contributed by atoms with Crippen molar-refractivity contribution < 1.29 is 9.59 Å². The monoisotopic (exact) mass is 306 g/mol. The van der Waals surface area contributed by atoms with Gasteiger partial charge in [-0.3, -0.25) is 9.59 Å². The Hall–Kier alpha value is -1.36. The summed E-state index contributed by atoms with van der Waals surface area (Å²) < 4.78 is 0. The van der Waals surface area contributed by atoms with E-state index in [4.69, 9.17) is 0 Å². The molecule has 0 saturated carbocycles. The molecule has 5 heteroatoms. The lowest BCUT2D eigenvalue weighted by atomic mass is 9.88. The fourth-order valence-corrected chi connectivity index (χ4v) is 4.75. The van der Waals surface area contributed by atoms with Crippen LogP contribution in [0.2, 0.25) is 0 Å². The summed E-state index contributed by atoms with van der Waals surface area (Å²) in [6, 6.07) is 0. The summed E-state index contributed by atoms with van der Waals surface area (Å²) in [5.74, 6) is 0.677. The van der Waals surface area contributed by atoms with Crippen molar-refractivity contribution in [1.29, 1.82) is 0 Å². The van der Waals surface area contributed by atoms with Gasteiger partial charge in [0.05, 0.1) is 5.56 Å². The number of hydrogen-bond acceptors (Lipinski definition) is 3. The van der Waals surface area contributed by atoms with Crippen LogP contribution in [0.15, 0.2) is 0 Å². The molecule has 1 aromatic rings. The van der Waals surface area contributed by atoms with Crippen LogP contribution in [0.4, 0.5) is 5.00 Å². The van der Waals surface area contributed by atoms with Gasteiger partial charge in [0.25, 0.3) is 5.91 Å². The molecule has 0 bridgehead atoms. The quantitative estimate of drug-likeness (QED) is 0.913. The second kappa shape index (κ2) is 5.79. The molecule has 1 fully saturated rings. The summed E-state index contributed by atoms with van der Waals surface area (Å²) in [5, 5.41) is 3.64. The number of nitrogens with zero attached hydrogens (tertiary/aromatic N) is 1. The Morgan fingerprint density at radius 1 is 1.29 bits per heavy atom. The standard InChI is InChI=1S/C16H22N2O2S/c1-10-5-6-12-13(9-10)21-15(17-11(2)19)14(12)16(20)18-7-3-4-8-18/h10H,3-9H2,1-2H3,(H,17,19)/t10-/m0/s1. The first-order chi connectivity index (χ1) is 10.1. The predicted octanol–water partition coefficient (Wildman–Crippen LogP) is 3.07. The number of carbonyl (C=O) groups excluding carboxylic acids is 2. The molecule has 0 aromatic carbocycles. The molecule has 1 N–H and O–H groups in total. The first-order valence-corrected chi connectivity index (χ1v) is 8.59. The highest BCUT2D eigenvalue weighted by atomic mass is 32.1. The molecule has 4 nitrogen and oxygen atoms in total. The number of amides is 2. The second-order valence-electron chi connectivity index (χ2n) is 6.24. The predicted molar refractivity (Wildman–Crippen MR) is 84.9 cm³/mol. The van der Waals surface area contributed by atoms with E-state index in [-0.39, 0.29) is 11.8 Å². The summed E-state index contributed by atoms with van der Waals surface area (Å²) in [4.78, 5) is 27.5. The van der Waals surface area contributed by atoms with Gasteiger partial charge >= 0.3 is 0 Å². The lowest BCUT2D eigenvalue weighted by Gasteiger charge is -2.21. The van der Waals surface area contributed by atoms with Crippen molar-refractivity contribution in [3.8, 4) is 0 Å². The molecule has 0 spiro atoms. The molecule has 2 amide bonds. The van der Waals surface area contributed by atoms with E-state index in [2.05, 4.69) is 12.2 Å². The average Bonchev–Trinajstić information content (AvgIpc) is 3.03. The smallest absolute Gasteiger partial charge is 0.257 e. The maximum absolute atomic E-state index is 12.8. The van der Waals surface area contributed by atoms with E-state index in [1.54, 1.807) is 11.3 Å². The number of hydrogen-bond donors (Lipinski definition) is 1. The van der Waals surface area contributed by atoms with Gasteiger partial charge in [0.1, 0.15) is 5.00 Å². The number of nitrogens with one attached hydrogen (secondary N) is 1. The molecule has 1 saturated heterocycles. The summed E-state index contributed by atoms with van der Waals surface area (Å²) in [6.45, 7) is 5.45. The van der Waals surface area contributed by atoms with Gasteiger partial charge in [0.2, 0.25) is 5.91 Å². The zero-order chi connectivity index (χ0) is 15.0. The zero-order valence-corrected chi connectivity index (χ0v) is 13.5. The van der Waals surface area contributed by atoms with E-state index in [1.807, 2.05) is 4.90 Å². The number of rotatable bonds is 2. The molecule has 2 heterocycles. The topological polar surface area (TPSA) is 49.4 Å². The van der Waals surface area contributed by atoms with E-state index in [0.29, 0.717) is 5.92 Å². The highest BCUT2D eigenvalue weighted by molar-refractivity contribution is 7.17. The Balaban J connectivity index is 1.99. The highest BCUT2D eigenvalue weighted by Gasteiger charge is 2.31. The third-order valence-electron chi connectivity index (χ3n) is 4.41. The van der Waals surface area contributed by atoms with Crippen LogP contribution in [0, 0.1) is 5.92 Å². The van der Waals surface area contributed by atoms with E-state index in [9.17, 15) is 9.59 Å². The van der Waals surface area contributed by atoms with Gasteiger partial charge in [0.15, 0.2) is 0 Å². The number of carbonyl (C=O) groups is 2. The molecule has 1 aliphatic carbocycles. The molecule has 1 atom stereocenters. The second-order valence-corrected chi connectivity index (χ2v) is 7.34. The van der Waals surface area contributed by atoms with Gasteiger partial charge in [-0.05, 0) is 43.6 Å². The molecule has 3 rings (SSSR count). The Morgan fingerprint density at radius 3 is 2.67 bits per heavy atom.